The van der Waals surface area contributed by atoms with E-state index < -0.39 is 0 Å². The van der Waals surface area contributed by atoms with Gasteiger partial charge in [-0.2, -0.15) is 4.98 Å². The Morgan fingerprint density at radius 2 is 1.94 bits per heavy atom. The number of nitrogens with zero attached hydrogens (tertiary/aromatic N) is 2. The van der Waals surface area contributed by atoms with Crippen LogP contribution in [0.2, 0.25) is 0 Å². The molecule has 0 atom stereocenters. The van der Waals surface area contributed by atoms with Crippen molar-refractivity contribution < 1.29 is 0 Å². The van der Waals surface area contributed by atoms with Crippen molar-refractivity contribution >= 4 is 23.6 Å². The maximum absolute atomic E-state index is 5.01. The third-order valence-electron chi connectivity index (χ3n) is 2.56. The second-order valence-electron chi connectivity index (χ2n) is 5.30. The average Bonchev–Trinajstić information content (AvgIpc) is 2.83. The Kier molecular flexibility index (Phi) is 3.68. The lowest BCUT2D eigenvalue weighted by Gasteiger charge is -2.16. The fourth-order valence-corrected chi connectivity index (χ4v) is 3.19. The second-order valence-corrected chi connectivity index (χ2v) is 6.77. The molecule has 0 aliphatic rings. The lowest BCUT2D eigenvalue weighted by atomic mass is 9.91. The normalized spacial score (nSPS) is 12.0. The molecule has 0 bridgehead atoms. The molecule has 2 aromatic rings. The summed E-state index contributed by atoms with van der Waals surface area (Å²) in [7, 11) is 0. The summed E-state index contributed by atoms with van der Waals surface area (Å²) in [4.78, 5) is 10.2. The van der Waals surface area contributed by atoms with Gasteiger partial charge >= 0.3 is 0 Å². The minimum Gasteiger partial charge on any atom is -0.281 e. The summed E-state index contributed by atoms with van der Waals surface area (Å²) in [6.07, 6.45) is 2.12. The predicted molar refractivity (Wildman–Crippen MR) is 77.6 cm³/mol. The summed E-state index contributed by atoms with van der Waals surface area (Å²) in [5.74, 6) is 0.796. The van der Waals surface area contributed by atoms with Crippen molar-refractivity contribution in [2.24, 2.45) is 0 Å². The first-order chi connectivity index (χ1) is 8.41. The van der Waals surface area contributed by atoms with Gasteiger partial charge in [0.15, 0.2) is 5.82 Å². The molecule has 2 rings (SSSR count). The van der Waals surface area contributed by atoms with Gasteiger partial charge in [0, 0.05) is 5.41 Å². The van der Waals surface area contributed by atoms with E-state index in [0.29, 0.717) is 4.77 Å². The van der Waals surface area contributed by atoms with Crippen LogP contribution in [0.15, 0.2) is 0 Å². The Morgan fingerprint density at radius 3 is 2.44 bits per heavy atom. The Bertz CT molecular complexity index is 586. The van der Waals surface area contributed by atoms with Crippen molar-refractivity contribution in [2.75, 3.05) is 0 Å². The van der Waals surface area contributed by atoms with Gasteiger partial charge in [-0.1, -0.05) is 27.7 Å². The summed E-state index contributed by atoms with van der Waals surface area (Å²) in [5, 5.41) is 7.03. The zero-order valence-electron chi connectivity index (χ0n) is 11.1. The van der Waals surface area contributed by atoms with Crippen LogP contribution in [0.3, 0.4) is 0 Å². The van der Waals surface area contributed by atoms with Gasteiger partial charge in [-0.3, -0.25) is 10.2 Å². The molecule has 0 unspecified atom stereocenters. The molecule has 0 fully saturated rings. The molecule has 98 valence electrons. The molecular weight excluding hydrogens is 264 g/mol. The van der Waals surface area contributed by atoms with Gasteiger partial charge in [-0.05, 0) is 25.1 Å². The molecule has 0 saturated heterocycles. The number of aromatic nitrogens is 4. The zero-order chi connectivity index (χ0) is 13.3. The average molecular weight is 282 g/mol. The fraction of sp³-hybridized carbons (Fsp3) is 0.583. The van der Waals surface area contributed by atoms with E-state index in [2.05, 4.69) is 42.9 Å². The van der Waals surface area contributed by atoms with Crippen molar-refractivity contribution in [3.63, 3.8) is 0 Å². The third-order valence-corrected chi connectivity index (χ3v) is 3.88. The van der Waals surface area contributed by atoms with E-state index in [1.54, 1.807) is 11.3 Å². The Hall–Kier alpha value is -1.01. The van der Waals surface area contributed by atoms with E-state index >= 15 is 0 Å². The Morgan fingerprint density at radius 1 is 1.22 bits per heavy atom. The number of hydrogen-bond donors (Lipinski definition) is 2. The van der Waals surface area contributed by atoms with Crippen LogP contribution >= 0.6 is 23.6 Å². The molecule has 4 nitrogen and oxygen atoms in total. The van der Waals surface area contributed by atoms with Gasteiger partial charge in [0.2, 0.25) is 4.77 Å². The largest absolute Gasteiger partial charge is 0.281 e. The SMILES string of the molecule is CCCc1nc(C(C)(C)C)c(-c2nc(=S)[nH][nH]2)s1. The van der Waals surface area contributed by atoms with Crippen molar-refractivity contribution in [1.29, 1.82) is 0 Å². The summed E-state index contributed by atoms with van der Waals surface area (Å²) < 4.78 is 0.482. The summed E-state index contributed by atoms with van der Waals surface area (Å²) in [6.45, 7) is 8.67. The highest BCUT2D eigenvalue weighted by Crippen LogP contribution is 2.35. The molecule has 2 heterocycles. The Labute approximate surface area is 116 Å². The lowest BCUT2D eigenvalue weighted by molar-refractivity contribution is 0.571. The zero-order valence-corrected chi connectivity index (χ0v) is 12.8. The van der Waals surface area contributed by atoms with Gasteiger partial charge in [0.1, 0.15) is 0 Å². The number of hydrogen-bond acceptors (Lipinski definition) is 4. The molecule has 0 spiro atoms. The molecule has 0 aromatic carbocycles. The van der Waals surface area contributed by atoms with Crippen LogP contribution in [0.1, 0.15) is 44.8 Å². The van der Waals surface area contributed by atoms with Crippen molar-refractivity contribution in [1.82, 2.24) is 20.2 Å². The molecule has 2 N–H and O–H groups in total. The van der Waals surface area contributed by atoms with Crippen LogP contribution < -0.4 is 0 Å². The van der Waals surface area contributed by atoms with E-state index in [9.17, 15) is 0 Å². The third kappa shape index (κ3) is 2.70. The maximum Gasteiger partial charge on any atom is 0.213 e. The van der Waals surface area contributed by atoms with Crippen molar-refractivity contribution in [3.05, 3.63) is 15.5 Å². The Balaban J connectivity index is 2.54. The monoisotopic (exact) mass is 282 g/mol. The number of H-pyrrole nitrogens is 2. The van der Waals surface area contributed by atoms with Gasteiger partial charge < -0.3 is 0 Å². The first kappa shape index (κ1) is 13.4. The molecule has 0 amide bonds. The highest BCUT2D eigenvalue weighted by atomic mass is 32.1. The van der Waals surface area contributed by atoms with E-state index in [-0.39, 0.29) is 5.41 Å². The highest BCUT2D eigenvalue weighted by molar-refractivity contribution is 7.71. The van der Waals surface area contributed by atoms with Crippen molar-refractivity contribution in [2.45, 2.75) is 46.0 Å². The molecule has 0 aliphatic heterocycles. The number of aromatic amines is 2. The number of nitrogens with one attached hydrogen (secondary N) is 2. The molecule has 0 saturated carbocycles. The van der Waals surface area contributed by atoms with Crippen LogP contribution in [0.25, 0.3) is 10.7 Å². The smallest absolute Gasteiger partial charge is 0.213 e. The molecule has 2 aromatic heterocycles. The highest BCUT2D eigenvalue weighted by Gasteiger charge is 2.25. The van der Waals surface area contributed by atoms with Crippen LogP contribution in [-0.2, 0) is 11.8 Å². The first-order valence-corrected chi connectivity index (χ1v) is 7.29. The molecule has 0 radical (unpaired) electrons. The standard InChI is InChI=1S/C12H18N4S2/c1-5-6-7-13-9(12(2,3)4)8(18-7)10-14-11(17)16-15-10/h5-6H2,1-4H3,(H2,14,15,16,17). The van der Waals surface area contributed by atoms with Gasteiger partial charge in [0.25, 0.3) is 0 Å². The lowest BCUT2D eigenvalue weighted by Crippen LogP contribution is -2.13. The number of rotatable bonds is 3. The molecule has 6 heteroatoms. The molecule has 0 aliphatic carbocycles. The van der Waals surface area contributed by atoms with Crippen LogP contribution in [0.5, 0.6) is 0 Å². The van der Waals surface area contributed by atoms with Crippen LogP contribution in [-0.4, -0.2) is 20.2 Å². The number of aryl methyl sites for hydroxylation is 1. The van der Waals surface area contributed by atoms with E-state index in [0.717, 1.165) is 29.2 Å². The summed E-state index contributed by atoms with van der Waals surface area (Å²) in [5.41, 5.74) is 1.10. The van der Waals surface area contributed by atoms with Crippen LogP contribution in [0, 0.1) is 4.77 Å². The summed E-state index contributed by atoms with van der Waals surface area (Å²) in [6, 6.07) is 0. The van der Waals surface area contributed by atoms with Crippen LogP contribution in [0.4, 0.5) is 0 Å². The molecular formula is C12H18N4S2. The van der Waals surface area contributed by atoms with Gasteiger partial charge in [0.05, 0.1) is 15.6 Å². The molecule has 18 heavy (non-hydrogen) atoms. The maximum atomic E-state index is 5.01. The van der Waals surface area contributed by atoms with E-state index in [1.807, 2.05) is 0 Å². The minimum atomic E-state index is 0.00618. The topological polar surface area (TPSA) is 57.4 Å². The van der Waals surface area contributed by atoms with Gasteiger partial charge in [-0.15, -0.1) is 11.3 Å². The predicted octanol–water partition coefficient (Wildman–Crippen LogP) is 3.84. The number of thiazole rings is 1. The fourth-order valence-electron chi connectivity index (χ4n) is 1.73. The van der Waals surface area contributed by atoms with E-state index in [1.165, 1.54) is 5.01 Å². The van der Waals surface area contributed by atoms with Gasteiger partial charge in [-0.25, -0.2) is 4.98 Å². The first-order valence-electron chi connectivity index (χ1n) is 6.07. The summed E-state index contributed by atoms with van der Waals surface area (Å²) >= 11 is 6.72. The van der Waals surface area contributed by atoms with E-state index in [4.69, 9.17) is 17.2 Å². The quantitative estimate of drug-likeness (QED) is 0.841. The second kappa shape index (κ2) is 4.93. The minimum absolute atomic E-state index is 0.00618. The van der Waals surface area contributed by atoms with Crippen molar-refractivity contribution in [3.8, 4) is 10.7 Å².